The van der Waals surface area contributed by atoms with Gasteiger partial charge >= 0.3 is 0 Å². The average molecular weight is 339 g/mol. The summed E-state index contributed by atoms with van der Waals surface area (Å²) in [4.78, 5) is 16.1. The first-order chi connectivity index (χ1) is 9.51. The van der Waals surface area contributed by atoms with Gasteiger partial charge in [-0.3, -0.25) is 4.79 Å². The second-order valence-electron chi connectivity index (χ2n) is 4.13. The van der Waals surface area contributed by atoms with Gasteiger partial charge in [0.2, 0.25) is 0 Å². The molecule has 20 heavy (non-hydrogen) atoms. The van der Waals surface area contributed by atoms with Crippen LogP contribution in [0.3, 0.4) is 0 Å². The van der Waals surface area contributed by atoms with Crippen LogP contribution >= 0.6 is 15.9 Å². The van der Waals surface area contributed by atoms with Crippen LogP contribution in [0.1, 0.15) is 15.9 Å². The normalized spacial score (nSPS) is 10.2. The fourth-order valence-corrected chi connectivity index (χ4v) is 1.97. The number of hydrogen-bond acceptors (Lipinski definition) is 4. The van der Waals surface area contributed by atoms with Crippen LogP contribution in [0.25, 0.3) is 0 Å². The maximum Gasteiger partial charge on any atom is 0.259 e. The van der Waals surface area contributed by atoms with E-state index in [4.69, 9.17) is 5.84 Å². The molecule has 7 heteroatoms. The Morgan fingerprint density at radius 2 is 2.15 bits per heavy atom. The van der Waals surface area contributed by atoms with Gasteiger partial charge in [0.05, 0.1) is 11.3 Å². The molecular weight excluding hydrogens is 327 g/mol. The van der Waals surface area contributed by atoms with E-state index in [1.807, 2.05) is 0 Å². The van der Waals surface area contributed by atoms with Gasteiger partial charge in [-0.2, -0.15) is 0 Å². The lowest BCUT2D eigenvalue weighted by Gasteiger charge is -2.10. The fraction of sp³-hybridized carbons (Fsp3) is 0.0769. The highest BCUT2D eigenvalue weighted by molar-refractivity contribution is 9.10. The predicted octanol–water partition coefficient (Wildman–Crippen LogP) is 2.83. The molecule has 0 aliphatic rings. The Kier molecular flexibility index (Phi) is 4.31. The second kappa shape index (κ2) is 5.98. The minimum atomic E-state index is -0.505. The van der Waals surface area contributed by atoms with Crippen LogP contribution in [0.5, 0.6) is 0 Å². The highest BCUT2D eigenvalue weighted by Crippen LogP contribution is 2.20. The van der Waals surface area contributed by atoms with Gasteiger partial charge in [-0.1, -0.05) is 6.07 Å². The summed E-state index contributed by atoms with van der Waals surface area (Å²) in [5, 5.41) is 2.49. The summed E-state index contributed by atoms with van der Waals surface area (Å²) in [6.45, 7) is 1.77. The molecule has 0 fully saturated rings. The third kappa shape index (κ3) is 3.12. The van der Waals surface area contributed by atoms with Gasteiger partial charge < -0.3 is 10.7 Å². The van der Waals surface area contributed by atoms with Crippen molar-refractivity contribution in [2.75, 3.05) is 10.7 Å². The summed E-state index contributed by atoms with van der Waals surface area (Å²) in [6, 6.07) is 6.10. The molecule has 4 N–H and O–H groups in total. The molecule has 5 nitrogen and oxygen atoms in total. The van der Waals surface area contributed by atoms with Gasteiger partial charge in [0.15, 0.2) is 5.82 Å². The molecule has 2 aromatic rings. The molecular formula is C13H12BrFN4O. The maximum absolute atomic E-state index is 13.7. The standard InChI is InChI=1S/C13H12BrFN4O/c1-7-2-3-11(10(15)4-7)18-13(20)9-5-8(14)6-17-12(9)19-16/h2-6H,16H2,1H3,(H,17,19)(H,18,20). The van der Waals surface area contributed by atoms with Gasteiger partial charge in [-0.15, -0.1) is 0 Å². The smallest absolute Gasteiger partial charge is 0.259 e. The Hall–Kier alpha value is -1.99. The van der Waals surface area contributed by atoms with Gasteiger partial charge in [-0.25, -0.2) is 15.2 Å². The molecule has 0 aliphatic carbocycles. The van der Waals surface area contributed by atoms with E-state index in [2.05, 4.69) is 31.7 Å². The molecule has 104 valence electrons. The van der Waals surface area contributed by atoms with Crippen molar-refractivity contribution in [1.82, 2.24) is 4.98 Å². The SMILES string of the molecule is Cc1ccc(NC(=O)c2cc(Br)cnc2NN)c(F)c1. The first-order valence-corrected chi connectivity index (χ1v) is 6.50. The lowest BCUT2D eigenvalue weighted by Crippen LogP contribution is -2.19. The Morgan fingerprint density at radius 3 is 2.80 bits per heavy atom. The number of carbonyl (C=O) groups excluding carboxylic acids is 1. The van der Waals surface area contributed by atoms with Crippen molar-refractivity contribution in [2.24, 2.45) is 5.84 Å². The average Bonchev–Trinajstić information content (AvgIpc) is 2.41. The topological polar surface area (TPSA) is 80.0 Å². The van der Waals surface area contributed by atoms with E-state index in [1.54, 1.807) is 19.1 Å². The van der Waals surface area contributed by atoms with Crippen LogP contribution in [-0.2, 0) is 0 Å². The van der Waals surface area contributed by atoms with E-state index in [9.17, 15) is 9.18 Å². The largest absolute Gasteiger partial charge is 0.319 e. The number of hydrogen-bond donors (Lipinski definition) is 3. The van der Waals surface area contributed by atoms with Crippen LogP contribution in [0.15, 0.2) is 34.9 Å². The monoisotopic (exact) mass is 338 g/mol. The third-order valence-corrected chi connectivity index (χ3v) is 3.04. The zero-order chi connectivity index (χ0) is 14.7. The number of nitrogens with one attached hydrogen (secondary N) is 2. The summed E-state index contributed by atoms with van der Waals surface area (Å²) >= 11 is 3.22. The Balaban J connectivity index is 2.30. The van der Waals surface area contributed by atoms with Crippen LogP contribution in [0.4, 0.5) is 15.9 Å². The number of nitrogens with zero attached hydrogens (tertiary/aromatic N) is 1. The lowest BCUT2D eigenvalue weighted by molar-refractivity contribution is 0.102. The van der Waals surface area contributed by atoms with Crippen molar-refractivity contribution < 1.29 is 9.18 Å². The van der Waals surface area contributed by atoms with Crippen molar-refractivity contribution in [3.05, 3.63) is 51.9 Å². The highest BCUT2D eigenvalue weighted by atomic mass is 79.9. The highest BCUT2D eigenvalue weighted by Gasteiger charge is 2.14. The van der Waals surface area contributed by atoms with E-state index in [0.29, 0.717) is 4.47 Å². The molecule has 1 aromatic heterocycles. The number of amides is 1. The predicted molar refractivity (Wildman–Crippen MR) is 78.8 cm³/mol. The van der Waals surface area contributed by atoms with E-state index in [-0.39, 0.29) is 17.1 Å². The number of aromatic nitrogens is 1. The van der Waals surface area contributed by atoms with E-state index in [0.717, 1.165) is 5.56 Å². The number of nitrogen functional groups attached to an aromatic ring is 1. The number of anilines is 2. The third-order valence-electron chi connectivity index (χ3n) is 2.61. The minimum absolute atomic E-state index is 0.101. The molecule has 1 amide bonds. The number of aryl methyl sites for hydroxylation is 1. The van der Waals surface area contributed by atoms with Gasteiger partial charge in [0.1, 0.15) is 5.82 Å². The fourth-order valence-electron chi connectivity index (χ4n) is 1.64. The molecule has 1 heterocycles. The number of benzene rings is 1. The van der Waals surface area contributed by atoms with E-state index < -0.39 is 11.7 Å². The number of pyridine rings is 1. The lowest BCUT2D eigenvalue weighted by atomic mass is 10.2. The summed E-state index contributed by atoms with van der Waals surface area (Å²) in [5.74, 6) is 4.50. The summed E-state index contributed by atoms with van der Waals surface area (Å²) in [5.41, 5.74) is 3.41. The molecule has 0 spiro atoms. The molecule has 0 unspecified atom stereocenters. The summed E-state index contributed by atoms with van der Waals surface area (Å²) in [6.07, 6.45) is 1.50. The second-order valence-corrected chi connectivity index (χ2v) is 5.05. The number of halogens is 2. The number of nitrogens with two attached hydrogens (primary N) is 1. The Labute approximate surface area is 123 Å². The van der Waals surface area contributed by atoms with Crippen molar-refractivity contribution in [2.45, 2.75) is 6.92 Å². The molecule has 0 aliphatic heterocycles. The summed E-state index contributed by atoms with van der Waals surface area (Å²) < 4.78 is 14.3. The maximum atomic E-state index is 13.7. The van der Waals surface area contributed by atoms with Crippen molar-refractivity contribution in [1.29, 1.82) is 0 Å². The van der Waals surface area contributed by atoms with Gasteiger partial charge in [0.25, 0.3) is 5.91 Å². The van der Waals surface area contributed by atoms with E-state index >= 15 is 0 Å². The molecule has 0 saturated heterocycles. The number of carbonyl (C=O) groups is 1. The van der Waals surface area contributed by atoms with Crippen LogP contribution < -0.4 is 16.6 Å². The Morgan fingerprint density at radius 1 is 1.40 bits per heavy atom. The van der Waals surface area contributed by atoms with Crippen molar-refractivity contribution in [3.63, 3.8) is 0 Å². The minimum Gasteiger partial charge on any atom is -0.319 e. The van der Waals surface area contributed by atoms with Crippen LogP contribution in [0, 0.1) is 12.7 Å². The zero-order valence-corrected chi connectivity index (χ0v) is 12.2. The summed E-state index contributed by atoms with van der Waals surface area (Å²) in [7, 11) is 0. The van der Waals surface area contributed by atoms with Crippen molar-refractivity contribution >= 4 is 33.3 Å². The van der Waals surface area contributed by atoms with Crippen molar-refractivity contribution in [3.8, 4) is 0 Å². The first kappa shape index (κ1) is 14.4. The van der Waals surface area contributed by atoms with E-state index in [1.165, 1.54) is 18.3 Å². The number of hydrazine groups is 1. The Bertz CT molecular complexity index is 663. The number of rotatable bonds is 3. The quantitative estimate of drug-likeness (QED) is 0.593. The molecule has 0 radical (unpaired) electrons. The molecule has 0 atom stereocenters. The van der Waals surface area contributed by atoms with Crippen LogP contribution in [0.2, 0.25) is 0 Å². The molecule has 0 bridgehead atoms. The van der Waals surface area contributed by atoms with Gasteiger partial charge in [0, 0.05) is 10.7 Å². The molecule has 2 rings (SSSR count). The first-order valence-electron chi connectivity index (χ1n) is 5.71. The molecule has 0 saturated carbocycles. The van der Waals surface area contributed by atoms with Crippen LogP contribution in [-0.4, -0.2) is 10.9 Å². The molecule has 1 aromatic carbocycles. The van der Waals surface area contributed by atoms with Gasteiger partial charge in [-0.05, 0) is 46.6 Å². The zero-order valence-electron chi connectivity index (χ0n) is 10.6.